The lowest BCUT2D eigenvalue weighted by Gasteiger charge is -2.17. The largest absolute Gasteiger partial charge is 0.478 e. The van der Waals surface area contributed by atoms with Crippen LogP contribution >= 0.6 is 0 Å². The van der Waals surface area contributed by atoms with Crippen molar-refractivity contribution in [3.63, 3.8) is 0 Å². The number of urea groups is 1. The summed E-state index contributed by atoms with van der Waals surface area (Å²) in [5, 5.41) is 7.25. The van der Waals surface area contributed by atoms with E-state index in [9.17, 15) is 4.79 Å². The molecule has 0 atom stereocenters. The predicted molar refractivity (Wildman–Crippen MR) is 103 cm³/mol. The highest BCUT2D eigenvalue weighted by Gasteiger charge is 2.12. The molecule has 0 aliphatic heterocycles. The average molecular weight is 365 g/mol. The van der Waals surface area contributed by atoms with E-state index in [2.05, 4.69) is 15.4 Å². The molecule has 0 aliphatic rings. The number of hydrogen-bond acceptors (Lipinski definition) is 4. The Morgan fingerprint density at radius 3 is 2.81 bits per heavy atom. The van der Waals surface area contributed by atoms with Gasteiger partial charge in [0.15, 0.2) is 0 Å². The van der Waals surface area contributed by atoms with Crippen LogP contribution < -0.4 is 10.1 Å². The van der Waals surface area contributed by atoms with E-state index in [-0.39, 0.29) is 6.03 Å². The molecule has 0 saturated carbocycles. The topological polar surface area (TPSA) is 72.3 Å². The van der Waals surface area contributed by atoms with Crippen LogP contribution in [0.15, 0.2) is 61.1 Å². The molecule has 27 heavy (non-hydrogen) atoms. The Kier molecular flexibility index (Phi) is 6.04. The summed E-state index contributed by atoms with van der Waals surface area (Å²) in [6.45, 7) is 3.25. The average Bonchev–Trinajstić information content (AvgIpc) is 3.16. The van der Waals surface area contributed by atoms with Crippen LogP contribution in [0.1, 0.15) is 18.1 Å². The lowest BCUT2D eigenvalue weighted by molar-refractivity contribution is 0.206. The Bertz CT molecular complexity index is 879. The maximum atomic E-state index is 12.4. The van der Waals surface area contributed by atoms with E-state index in [0.717, 1.165) is 16.8 Å². The van der Waals surface area contributed by atoms with Gasteiger partial charge in [-0.1, -0.05) is 24.3 Å². The zero-order valence-electron chi connectivity index (χ0n) is 15.5. The summed E-state index contributed by atoms with van der Waals surface area (Å²) in [6.07, 6.45) is 5.37. The molecule has 0 fully saturated rings. The molecule has 0 unspecified atom stereocenters. The number of aromatic nitrogens is 3. The summed E-state index contributed by atoms with van der Waals surface area (Å²) in [5.74, 6) is 0.548. The first-order valence-electron chi connectivity index (χ1n) is 8.82. The normalized spacial score (nSPS) is 10.4. The van der Waals surface area contributed by atoms with Gasteiger partial charge >= 0.3 is 6.03 Å². The number of benzene rings is 1. The highest BCUT2D eigenvalue weighted by Crippen LogP contribution is 2.14. The quantitative estimate of drug-likeness (QED) is 0.699. The first-order valence-corrected chi connectivity index (χ1v) is 8.82. The zero-order chi connectivity index (χ0) is 19.1. The van der Waals surface area contributed by atoms with Crippen molar-refractivity contribution in [3.8, 4) is 11.6 Å². The van der Waals surface area contributed by atoms with Gasteiger partial charge in [-0.3, -0.25) is 0 Å². The van der Waals surface area contributed by atoms with Gasteiger partial charge < -0.3 is 15.0 Å². The molecule has 0 saturated heterocycles. The van der Waals surface area contributed by atoms with E-state index in [4.69, 9.17) is 4.74 Å². The fourth-order valence-electron chi connectivity index (χ4n) is 2.64. The van der Waals surface area contributed by atoms with Crippen molar-refractivity contribution in [2.45, 2.75) is 20.0 Å². The van der Waals surface area contributed by atoms with Gasteiger partial charge in [0.25, 0.3) is 0 Å². The van der Waals surface area contributed by atoms with Crippen molar-refractivity contribution in [1.82, 2.24) is 25.0 Å². The monoisotopic (exact) mass is 365 g/mol. The lowest BCUT2D eigenvalue weighted by atomic mass is 10.2. The highest BCUT2D eigenvalue weighted by atomic mass is 16.5. The predicted octanol–water partition coefficient (Wildman–Crippen LogP) is 3.01. The fourth-order valence-corrected chi connectivity index (χ4v) is 2.64. The number of carbonyl (C=O) groups excluding carboxylic acids is 1. The summed E-state index contributed by atoms with van der Waals surface area (Å²) < 4.78 is 7.28. The number of para-hydroxylation sites is 1. The van der Waals surface area contributed by atoms with Gasteiger partial charge in [-0.05, 0) is 25.1 Å². The number of carbonyl (C=O) groups is 1. The Labute approximate surface area is 158 Å². The second-order valence-corrected chi connectivity index (χ2v) is 6.04. The van der Waals surface area contributed by atoms with E-state index in [1.807, 2.05) is 55.6 Å². The van der Waals surface area contributed by atoms with Crippen LogP contribution in [0.4, 0.5) is 4.79 Å². The molecule has 0 radical (unpaired) electrons. The molecule has 7 heteroatoms. The SMILES string of the molecule is CCOc1ncccc1CNC(=O)N(C)Cc1cnn(-c2ccccc2)c1. The minimum atomic E-state index is -0.172. The molecule has 7 nitrogen and oxygen atoms in total. The number of amides is 2. The molecule has 0 aliphatic carbocycles. The molecule has 2 heterocycles. The number of pyridine rings is 1. The van der Waals surface area contributed by atoms with Gasteiger partial charge in [0.1, 0.15) is 0 Å². The Morgan fingerprint density at radius 2 is 2.04 bits per heavy atom. The van der Waals surface area contributed by atoms with Crippen molar-refractivity contribution >= 4 is 6.03 Å². The number of rotatable bonds is 7. The van der Waals surface area contributed by atoms with E-state index >= 15 is 0 Å². The number of hydrogen-bond donors (Lipinski definition) is 1. The van der Waals surface area contributed by atoms with Crippen molar-refractivity contribution < 1.29 is 9.53 Å². The zero-order valence-corrected chi connectivity index (χ0v) is 15.5. The third-order valence-electron chi connectivity index (χ3n) is 3.98. The van der Waals surface area contributed by atoms with Crippen LogP contribution in [0.5, 0.6) is 5.88 Å². The molecule has 0 bridgehead atoms. The fraction of sp³-hybridized carbons (Fsp3) is 0.250. The highest BCUT2D eigenvalue weighted by molar-refractivity contribution is 5.73. The van der Waals surface area contributed by atoms with Crippen LogP contribution in [0.3, 0.4) is 0 Å². The maximum Gasteiger partial charge on any atom is 0.317 e. The summed E-state index contributed by atoms with van der Waals surface area (Å²) in [5.41, 5.74) is 2.78. The van der Waals surface area contributed by atoms with Gasteiger partial charge in [-0.2, -0.15) is 5.10 Å². The molecule has 1 aromatic carbocycles. The Balaban J connectivity index is 1.56. The smallest absolute Gasteiger partial charge is 0.317 e. The van der Waals surface area contributed by atoms with Crippen LogP contribution in [0.25, 0.3) is 5.69 Å². The minimum Gasteiger partial charge on any atom is -0.478 e. The summed E-state index contributed by atoms with van der Waals surface area (Å²) in [7, 11) is 1.75. The lowest BCUT2D eigenvalue weighted by Crippen LogP contribution is -2.36. The van der Waals surface area contributed by atoms with Gasteiger partial charge in [-0.15, -0.1) is 0 Å². The third kappa shape index (κ3) is 4.84. The molecular weight excluding hydrogens is 342 g/mol. The van der Waals surface area contributed by atoms with E-state index in [1.54, 1.807) is 29.0 Å². The maximum absolute atomic E-state index is 12.4. The molecule has 0 spiro atoms. The van der Waals surface area contributed by atoms with Crippen LogP contribution in [0, 0.1) is 0 Å². The standard InChI is InChI=1S/C20H23N5O2/c1-3-27-19-17(8-7-11-21-19)13-22-20(26)24(2)14-16-12-23-25(15-16)18-9-5-4-6-10-18/h4-12,15H,3,13-14H2,1-2H3,(H,22,26). The summed E-state index contributed by atoms with van der Waals surface area (Å²) in [4.78, 5) is 18.2. The van der Waals surface area contributed by atoms with Gasteiger partial charge in [0, 0.05) is 37.1 Å². The molecular formula is C20H23N5O2. The van der Waals surface area contributed by atoms with Crippen molar-refractivity contribution in [2.24, 2.45) is 0 Å². The second kappa shape index (κ2) is 8.84. The molecule has 1 N–H and O–H groups in total. The first-order chi connectivity index (χ1) is 13.2. The van der Waals surface area contributed by atoms with Gasteiger partial charge in [0.2, 0.25) is 5.88 Å². The molecule has 2 amide bonds. The molecule has 2 aromatic heterocycles. The molecule has 3 rings (SSSR count). The Hall–Kier alpha value is -3.35. The number of ether oxygens (including phenoxy) is 1. The summed E-state index contributed by atoms with van der Waals surface area (Å²) in [6, 6.07) is 13.4. The van der Waals surface area contributed by atoms with Gasteiger partial charge in [0.05, 0.1) is 25.0 Å². The summed E-state index contributed by atoms with van der Waals surface area (Å²) >= 11 is 0. The number of nitrogens with zero attached hydrogens (tertiary/aromatic N) is 4. The van der Waals surface area contributed by atoms with Crippen molar-refractivity contribution in [3.05, 3.63) is 72.2 Å². The second-order valence-electron chi connectivity index (χ2n) is 6.04. The van der Waals surface area contributed by atoms with Gasteiger partial charge in [-0.25, -0.2) is 14.5 Å². The van der Waals surface area contributed by atoms with Crippen LogP contribution in [0.2, 0.25) is 0 Å². The first kappa shape index (κ1) is 18.4. The van der Waals surface area contributed by atoms with Crippen molar-refractivity contribution in [1.29, 1.82) is 0 Å². The van der Waals surface area contributed by atoms with Crippen molar-refractivity contribution in [2.75, 3.05) is 13.7 Å². The van der Waals surface area contributed by atoms with E-state index < -0.39 is 0 Å². The van der Waals surface area contributed by atoms with Crippen LogP contribution in [-0.4, -0.2) is 39.4 Å². The van der Waals surface area contributed by atoms with E-state index in [1.165, 1.54) is 0 Å². The van der Waals surface area contributed by atoms with Crippen LogP contribution in [-0.2, 0) is 13.1 Å². The molecule has 3 aromatic rings. The third-order valence-corrected chi connectivity index (χ3v) is 3.98. The van der Waals surface area contributed by atoms with E-state index in [0.29, 0.717) is 25.6 Å². The minimum absolute atomic E-state index is 0.172. The Morgan fingerprint density at radius 1 is 1.22 bits per heavy atom. The molecule has 140 valence electrons. The number of nitrogens with one attached hydrogen (secondary N) is 1.